The first kappa shape index (κ1) is 13.1. The third-order valence-electron chi connectivity index (χ3n) is 3.05. The van der Waals surface area contributed by atoms with Crippen LogP contribution in [0, 0.1) is 0 Å². The molecule has 0 saturated carbocycles. The molecule has 0 aromatic carbocycles. The number of nitrogens with one attached hydrogen (secondary N) is 1. The summed E-state index contributed by atoms with van der Waals surface area (Å²) in [5, 5.41) is 17.4. The SMILES string of the molecule is CCn1ncnc1CNCC(O)(CC)CC. The zero-order chi connectivity index (χ0) is 12.0. The number of aromatic nitrogens is 3. The molecule has 0 saturated heterocycles. The van der Waals surface area contributed by atoms with Crippen molar-refractivity contribution >= 4 is 0 Å². The molecule has 0 aliphatic rings. The largest absolute Gasteiger partial charge is 0.389 e. The van der Waals surface area contributed by atoms with E-state index in [1.54, 1.807) is 6.33 Å². The second-order valence-corrected chi connectivity index (χ2v) is 4.03. The highest BCUT2D eigenvalue weighted by atomic mass is 16.3. The average Bonchev–Trinajstić information content (AvgIpc) is 2.76. The van der Waals surface area contributed by atoms with Gasteiger partial charge in [-0.1, -0.05) is 13.8 Å². The topological polar surface area (TPSA) is 63.0 Å². The lowest BCUT2D eigenvalue weighted by Gasteiger charge is -2.25. The van der Waals surface area contributed by atoms with E-state index in [2.05, 4.69) is 15.4 Å². The fourth-order valence-electron chi connectivity index (χ4n) is 1.60. The molecule has 1 heterocycles. The van der Waals surface area contributed by atoms with Crippen molar-refractivity contribution in [2.24, 2.45) is 0 Å². The van der Waals surface area contributed by atoms with Gasteiger partial charge in [0, 0.05) is 13.1 Å². The van der Waals surface area contributed by atoms with Crippen LogP contribution in [0.4, 0.5) is 0 Å². The Morgan fingerprint density at radius 1 is 1.38 bits per heavy atom. The van der Waals surface area contributed by atoms with Gasteiger partial charge in [-0.2, -0.15) is 5.10 Å². The number of aliphatic hydroxyl groups is 1. The summed E-state index contributed by atoms with van der Waals surface area (Å²) >= 11 is 0. The molecule has 0 bridgehead atoms. The first-order valence-electron chi connectivity index (χ1n) is 5.95. The van der Waals surface area contributed by atoms with Gasteiger partial charge in [-0.3, -0.25) is 0 Å². The minimum atomic E-state index is -0.600. The summed E-state index contributed by atoms with van der Waals surface area (Å²) in [6.45, 7) is 8.10. The summed E-state index contributed by atoms with van der Waals surface area (Å²) < 4.78 is 1.85. The van der Waals surface area contributed by atoms with E-state index in [-0.39, 0.29) is 0 Å². The molecular formula is C11H22N4O. The molecule has 92 valence electrons. The average molecular weight is 226 g/mol. The lowest BCUT2D eigenvalue weighted by Crippen LogP contribution is -2.39. The Kier molecular flexibility index (Phi) is 4.89. The van der Waals surface area contributed by atoms with Gasteiger partial charge < -0.3 is 10.4 Å². The quantitative estimate of drug-likeness (QED) is 0.726. The second kappa shape index (κ2) is 5.96. The summed E-state index contributed by atoms with van der Waals surface area (Å²) in [5.74, 6) is 0.914. The van der Waals surface area contributed by atoms with Crippen LogP contribution in [0.2, 0.25) is 0 Å². The Hall–Kier alpha value is -0.940. The molecule has 5 heteroatoms. The maximum atomic E-state index is 10.1. The first-order chi connectivity index (χ1) is 7.65. The summed E-state index contributed by atoms with van der Waals surface area (Å²) in [6, 6.07) is 0. The van der Waals surface area contributed by atoms with Crippen LogP contribution in [0.1, 0.15) is 39.4 Å². The minimum absolute atomic E-state index is 0.594. The number of hydrogen-bond acceptors (Lipinski definition) is 4. The molecule has 5 nitrogen and oxygen atoms in total. The molecule has 0 aliphatic carbocycles. The molecule has 0 radical (unpaired) electrons. The van der Waals surface area contributed by atoms with Gasteiger partial charge in [0.25, 0.3) is 0 Å². The van der Waals surface area contributed by atoms with Gasteiger partial charge in [0.1, 0.15) is 12.2 Å². The van der Waals surface area contributed by atoms with Gasteiger partial charge in [-0.25, -0.2) is 9.67 Å². The predicted molar refractivity (Wildman–Crippen MR) is 62.9 cm³/mol. The Morgan fingerprint density at radius 3 is 2.62 bits per heavy atom. The molecule has 0 atom stereocenters. The fraction of sp³-hybridized carbons (Fsp3) is 0.818. The van der Waals surface area contributed by atoms with Crippen molar-refractivity contribution in [2.75, 3.05) is 6.54 Å². The maximum absolute atomic E-state index is 10.1. The molecule has 0 amide bonds. The van der Waals surface area contributed by atoms with Crippen LogP contribution < -0.4 is 5.32 Å². The van der Waals surface area contributed by atoms with Crippen molar-refractivity contribution in [1.82, 2.24) is 20.1 Å². The smallest absolute Gasteiger partial charge is 0.140 e. The normalized spacial score (nSPS) is 12.0. The maximum Gasteiger partial charge on any atom is 0.140 e. The van der Waals surface area contributed by atoms with E-state index in [1.165, 1.54) is 0 Å². The molecule has 1 aromatic rings. The van der Waals surface area contributed by atoms with E-state index >= 15 is 0 Å². The molecule has 0 aliphatic heterocycles. The van der Waals surface area contributed by atoms with E-state index in [0.29, 0.717) is 13.1 Å². The second-order valence-electron chi connectivity index (χ2n) is 4.03. The predicted octanol–water partition coefficient (Wildman–Crippen LogP) is 0.939. The molecule has 0 fully saturated rings. The summed E-state index contributed by atoms with van der Waals surface area (Å²) in [5.41, 5.74) is -0.600. The summed E-state index contributed by atoms with van der Waals surface area (Å²) in [7, 11) is 0. The van der Waals surface area contributed by atoms with E-state index < -0.39 is 5.60 Å². The van der Waals surface area contributed by atoms with Crippen molar-refractivity contribution in [3.8, 4) is 0 Å². The molecular weight excluding hydrogens is 204 g/mol. The van der Waals surface area contributed by atoms with E-state index in [1.807, 2.05) is 25.5 Å². The number of rotatable bonds is 7. The third kappa shape index (κ3) is 3.28. The molecule has 16 heavy (non-hydrogen) atoms. The van der Waals surface area contributed by atoms with Crippen molar-refractivity contribution < 1.29 is 5.11 Å². The lowest BCUT2D eigenvalue weighted by atomic mass is 9.98. The lowest BCUT2D eigenvalue weighted by molar-refractivity contribution is 0.0321. The monoisotopic (exact) mass is 226 g/mol. The van der Waals surface area contributed by atoms with Crippen LogP contribution >= 0.6 is 0 Å². The Balaban J connectivity index is 2.41. The number of hydrogen-bond donors (Lipinski definition) is 2. The van der Waals surface area contributed by atoms with Crippen LogP contribution in [0.3, 0.4) is 0 Å². The van der Waals surface area contributed by atoms with Crippen LogP contribution in [0.15, 0.2) is 6.33 Å². The van der Waals surface area contributed by atoms with E-state index in [9.17, 15) is 5.11 Å². The van der Waals surface area contributed by atoms with Crippen LogP contribution in [0.25, 0.3) is 0 Å². The van der Waals surface area contributed by atoms with Crippen molar-refractivity contribution in [2.45, 2.75) is 52.3 Å². The summed E-state index contributed by atoms with van der Waals surface area (Å²) in [4.78, 5) is 4.17. The van der Waals surface area contributed by atoms with Crippen LogP contribution in [-0.4, -0.2) is 32.0 Å². The van der Waals surface area contributed by atoms with Crippen LogP contribution in [0.5, 0.6) is 0 Å². The zero-order valence-corrected chi connectivity index (χ0v) is 10.4. The highest BCUT2D eigenvalue weighted by Crippen LogP contribution is 2.12. The molecule has 1 rings (SSSR count). The van der Waals surface area contributed by atoms with Gasteiger partial charge in [0.2, 0.25) is 0 Å². The Morgan fingerprint density at radius 2 is 2.06 bits per heavy atom. The van der Waals surface area contributed by atoms with Crippen LogP contribution in [-0.2, 0) is 13.1 Å². The highest BCUT2D eigenvalue weighted by Gasteiger charge is 2.21. The van der Waals surface area contributed by atoms with E-state index in [4.69, 9.17) is 0 Å². The first-order valence-corrected chi connectivity index (χ1v) is 5.95. The van der Waals surface area contributed by atoms with Gasteiger partial charge in [0.05, 0.1) is 12.1 Å². The van der Waals surface area contributed by atoms with Crippen molar-refractivity contribution in [1.29, 1.82) is 0 Å². The number of nitrogens with zero attached hydrogens (tertiary/aromatic N) is 3. The Labute approximate surface area is 96.9 Å². The number of aryl methyl sites for hydroxylation is 1. The van der Waals surface area contributed by atoms with Gasteiger partial charge in [-0.15, -0.1) is 0 Å². The molecule has 2 N–H and O–H groups in total. The highest BCUT2D eigenvalue weighted by molar-refractivity contribution is 4.85. The van der Waals surface area contributed by atoms with Crippen molar-refractivity contribution in [3.05, 3.63) is 12.2 Å². The Bertz CT molecular complexity index is 307. The zero-order valence-electron chi connectivity index (χ0n) is 10.4. The standard InChI is InChI=1S/C11H22N4O/c1-4-11(16,5-2)8-12-7-10-13-9-14-15(10)6-3/h9,12,16H,4-8H2,1-3H3. The van der Waals surface area contributed by atoms with Gasteiger partial charge in [-0.05, 0) is 19.8 Å². The van der Waals surface area contributed by atoms with Crippen molar-refractivity contribution in [3.63, 3.8) is 0 Å². The van der Waals surface area contributed by atoms with Gasteiger partial charge in [0.15, 0.2) is 0 Å². The molecule has 1 aromatic heterocycles. The third-order valence-corrected chi connectivity index (χ3v) is 3.05. The van der Waals surface area contributed by atoms with Gasteiger partial charge >= 0.3 is 0 Å². The summed E-state index contributed by atoms with van der Waals surface area (Å²) in [6.07, 6.45) is 3.08. The fourth-order valence-corrected chi connectivity index (χ4v) is 1.60. The minimum Gasteiger partial charge on any atom is -0.389 e. The van der Waals surface area contributed by atoms with E-state index in [0.717, 1.165) is 25.2 Å². The molecule has 0 unspecified atom stereocenters. The molecule has 0 spiro atoms.